The average Bonchev–Trinajstić information content (AvgIpc) is 2.63. The van der Waals surface area contributed by atoms with Crippen LogP contribution >= 0.6 is 0 Å². The van der Waals surface area contributed by atoms with Crippen molar-refractivity contribution >= 4 is 17.9 Å². The molecule has 3 rings (SSSR count). The number of hydrazone groups is 1. The molecule has 0 fully saturated rings. The number of rotatable bonds is 5. The Hall–Kier alpha value is -3.40. The molecule has 0 radical (unpaired) electrons. The number of para-hydroxylation sites is 1. The van der Waals surface area contributed by atoms with Gasteiger partial charge in [0, 0.05) is 5.56 Å². The number of carbonyl (C=O) groups is 1. The molecule has 4 nitrogen and oxygen atoms in total. The number of benzene rings is 3. The molecule has 0 amide bonds. The zero-order chi connectivity index (χ0) is 16.8. The maximum Gasteiger partial charge on any atom is 0.335 e. The standard InChI is InChI=1S/C20H16N2O2/c23-20(24)16-9-6-8-15(13-16)19-12-5-4-7-17(19)14-21-22-18-10-2-1-3-11-18/h1-14,22H,(H,23,24). The SMILES string of the molecule is O=C(O)c1cccc(-c2ccccc2C=NNc2ccccc2)c1. The number of carboxylic acid groups (broad SMARTS) is 1. The van der Waals surface area contributed by atoms with Gasteiger partial charge >= 0.3 is 5.97 Å². The van der Waals surface area contributed by atoms with E-state index in [0.29, 0.717) is 0 Å². The van der Waals surface area contributed by atoms with Crippen molar-refractivity contribution in [3.8, 4) is 11.1 Å². The summed E-state index contributed by atoms with van der Waals surface area (Å²) in [7, 11) is 0. The van der Waals surface area contributed by atoms with Crippen molar-refractivity contribution in [3.05, 3.63) is 90.0 Å². The molecule has 24 heavy (non-hydrogen) atoms. The summed E-state index contributed by atoms with van der Waals surface area (Å²) in [4.78, 5) is 11.2. The molecule has 0 bridgehead atoms. The van der Waals surface area contributed by atoms with E-state index >= 15 is 0 Å². The third-order valence-corrected chi connectivity index (χ3v) is 3.55. The summed E-state index contributed by atoms with van der Waals surface area (Å²) in [5, 5.41) is 13.4. The van der Waals surface area contributed by atoms with Crippen LogP contribution in [0, 0.1) is 0 Å². The van der Waals surface area contributed by atoms with Crippen LogP contribution in [0.3, 0.4) is 0 Å². The van der Waals surface area contributed by atoms with Crippen molar-refractivity contribution in [2.24, 2.45) is 5.10 Å². The summed E-state index contributed by atoms with van der Waals surface area (Å²) in [6.45, 7) is 0. The molecule has 118 valence electrons. The van der Waals surface area contributed by atoms with Crippen LogP contribution in [-0.4, -0.2) is 17.3 Å². The molecule has 0 aliphatic rings. The number of carboxylic acids is 1. The lowest BCUT2D eigenvalue weighted by Crippen LogP contribution is -1.97. The monoisotopic (exact) mass is 316 g/mol. The predicted molar refractivity (Wildman–Crippen MR) is 96.5 cm³/mol. The second kappa shape index (κ2) is 7.24. The molecule has 0 heterocycles. The van der Waals surface area contributed by atoms with Gasteiger partial charge in [-0.05, 0) is 35.4 Å². The molecule has 0 spiro atoms. The molecule has 3 aromatic carbocycles. The molecule has 4 heteroatoms. The van der Waals surface area contributed by atoms with Crippen molar-refractivity contribution in [3.63, 3.8) is 0 Å². The first-order chi connectivity index (χ1) is 11.7. The summed E-state index contributed by atoms with van der Waals surface area (Å²) in [6, 6.07) is 24.3. The van der Waals surface area contributed by atoms with Crippen LogP contribution in [0.1, 0.15) is 15.9 Å². The van der Waals surface area contributed by atoms with Gasteiger partial charge in [0.05, 0.1) is 17.5 Å². The first kappa shape index (κ1) is 15.5. The minimum atomic E-state index is -0.936. The van der Waals surface area contributed by atoms with Crippen molar-refractivity contribution in [1.29, 1.82) is 0 Å². The number of aromatic carboxylic acids is 1. The number of nitrogens with one attached hydrogen (secondary N) is 1. The van der Waals surface area contributed by atoms with Gasteiger partial charge in [0.15, 0.2) is 0 Å². The van der Waals surface area contributed by atoms with Crippen LogP contribution in [-0.2, 0) is 0 Å². The molecule has 0 saturated carbocycles. The molecule has 0 aliphatic heterocycles. The highest BCUT2D eigenvalue weighted by Gasteiger charge is 2.07. The fourth-order valence-electron chi connectivity index (χ4n) is 2.38. The second-order valence-corrected chi connectivity index (χ2v) is 5.21. The maximum absolute atomic E-state index is 11.2. The van der Waals surface area contributed by atoms with Crippen LogP contribution < -0.4 is 5.43 Å². The highest BCUT2D eigenvalue weighted by molar-refractivity contribution is 5.93. The zero-order valence-electron chi connectivity index (χ0n) is 12.9. The van der Waals surface area contributed by atoms with Crippen molar-refractivity contribution < 1.29 is 9.90 Å². The Kier molecular flexibility index (Phi) is 4.68. The number of hydrogen-bond acceptors (Lipinski definition) is 3. The van der Waals surface area contributed by atoms with Gasteiger partial charge in [0.1, 0.15) is 0 Å². The third kappa shape index (κ3) is 3.67. The quantitative estimate of drug-likeness (QED) is 0.538. The fraction of sp³-hybridized carbons (Fsp3) is 0. The lowest BCUT2D eigenvalue weighted by atomic mass is 9.99. The van der Waals surface area contributed by atoms with Crippen LogP contribution in [0.5, 0.6) is 0 Å². The van der Waals surface area contributed by atoms with Gasteiger partial charge in [-0.25, -0.2) is 4.79 Å². The van der Waals surface area contributed by atoms with E-state index in [1.54, 1.807) is 24.4 Å². The minimum absolute atomic E-state index is 0.265. The Morgan fingerprint density at radius 3 is 2.46 bits per heavy atom. The summed E-state index contributed by atoms with van der Waals surface area (Å²) in [5.74, 6) is -0.936. The molecule has 2 N–H and O–H groups in total. The Bertz CT molecular complexity index is 874. The van der Waals surface area contributed by atoms with Crippen LogP contribution in [0.4, 0.5) is 5.69 Å². The molecule has 0 atom stereocenters. The summed E-state index contributed by atoms with van der Waals surface area (Å²) < 4.78 is 0. The van der Waals surface area contributed by atoms with Crippen LogP contribution in [0.2, 0.25) is 0 Å². The topological polar surface area (TPSA) is 61.7 Å². The Balaban J connectivity index is 1.88. The van der Waals surface area contributed by atoms with E-state index in [9.17, 15) is 4.79 Å². The normalized spacial score (nSPS) is 10.7. The van der Waals surface area contributed by atoms with Gasteiger partial charge in [0.25, 0.3) is 0 Å². The second-order valence-electron chi connectivity index (χ2n) is 5.21. The number of anilines is 1. The minimum Gasteiger partial charge on any atom is -0.478 e. The highest BCUT2D eigenvalue weighted by Crippen LogP contribution is 2.23. The maximum atomic E-state index is 11.2. The average molecular weight is 316 g/mol. The number of hydrogen-bond donors (Lipinski definition) is 2. The third-order valence-electron chi connectivity index (χ3n) is 3.55. The number of nitrogens with zero attached hydrogens (tertiary/aromatic N) is 1. The molecule has 0 aliphatic carbocycles. The van der Waals surface area contributed by atoms with E-state index in [1.165, 1.54) is 0 Å². The first-order valence-corrected chi connectivity index (χ1v) is 7.51. The summed E-state index contributed by atoms with van der Waals surface area (Å²) in [6.07, 6.45) is 1.73. The van der Waals surface area contributed by atoms with Gasteiger partial charge < -0.3 is 5.11 Å². The van der Waals surface area contributed by atoms with E-state index in [4.69, 9.17) is 5.11 Å². The van der Waals surface area contributed by atoms with E-state index in [-0.39, 0.29) is 5.56 Å². The van der Waals surface area contributed by atoms with Gasteiger partial charge in [-0.15, -0.1) is 0 Å². The van der Waals surface area contributed by atoms with E-state index < -0.39 is 5.97 Å². The zero-order valence-corrected chi connectivity index (χ0v) is 12.9. The molecule has 0 saturated heterocycles. The lowest BCUT2D eigenvalue weighted by Gasteiger charge is -2.07. The summed E-state index contributed by atoms with van der Waals surface area (Å²) >= 11 is 0. The Morgan fingerprint density at radius 2 is 1.67 bits per heavy atom. The van der Waals surface area contributed by atoms with E-state index in [2.05, 4.69) is 10.5 Å². The molecular formula is C20H16N2O2. The Morgan fingerprint density at radius 1 is 0.917 bits per heavy atom. The van der Waals surface area contributed by atoms with Gasteiger partial charge in [0.2, 0.25) is 0 Å². The molecular weight excluding hydrogens is 300 g/mol. The molecule has 0 unspecified atom stereocenters. The molecule has 0 aromatic heterocycles. The van der Waals surface area contributed by atoms with E-state index in [0.717, 1.165) is 22.4 Å². The smallest absolute Gasteiger partial charge is 0.335 e. The van der Waals surface area contributed by atoms with Gasteiger partial charge in [-0.3, -0.25) is 5.43 Å². The first-order valence-electron chi connectivity index (χ1n) is 7.51. The summed E-state index contributed by atoms with van der Waals surface area (Å²) in [5.41, 5.74) is 6.82. The van der Waals surface area contributed by atoms with E-state index in [1.807, 2.05) is 60.7 Å². The van der Waals surface area contributed by atoms with Crippen molar-refractivity contribution in [1.82, 2.24) is 0 Å². The van der Waals surface area contributed by atoms with Crippen molar-refractivity contribution in [2.75, 3.05) is 5.43 Å². The molecule has 3 aromatic rings. The predicted octanol–water partition coefficient (Wildman–Crippen LogP) is 4.50. The lowest BCUT2D eigenvalue weighted by molar-refractivity contribution is 0.0697. The van der Waals surface area contributed by atoms with Crippen molar-refractivity contribution in [2.45, 2.75) is 0 Å². The van der Waals surface area contributed by atoms with Gasteiger partial charge in [-0.2, -0.15) is 5.10 Å². The fourth-order valence-corrected chi connectivity index (χ4v) is 2.38. The Labute approximate surface area is 140 Å². The van der Waals surface area contributed by atoms with Crippen LogP contribution in [0.15, 0.2) is 84.0 Å². The largest absolute Gasteiger partial charge is 0.478 e. The van der Waals surface area contributed by atoms with Crippen LogP contribution in [0.25, 0.3) is 11.1 Å². The van der Waals surface area contributed by atoms with Gasteiger partial charge in [-0.1, -0.05) is 54.6 Å². The highest BCUT2D eigenvalue weighted by atomic mass is 16.4.